The van der Waals surface area contributed by atoms with Crippen LogP contribution >= 0.6 is 0 Å². The van der Waals surface area contributed by atoms with E-state index in [1.807, 2.05) is 0 Å². The largest absolute Gasteiger partial charge is 0.507 e. The van der Waals surface area contributed by atoms with Crippen LogP contribution in [0.5, 0.6) is 5.75 Å². The summed E-state index contributed by atoms with van der Waals surface area (Å²) >= 11 is 0. The lowest BCUT2D eigenvalue weighted by Gasteiger charge is -2.27. The molecular formula is C15H19NO4. The van der Waals surface area contributed by atoms with E-state index < -0.39 is 11.9 Å². The number of aromatic hydroxyl groups is 1. The number of hydrogen-bond acceptors (Lipinski definition) is 3. The van der Waals surface area contributed by atoms with Crippen molar-refractivity contribution in [1.29, 1.82) is 0 Å². The zero-order chi connectivity index (χ0) is 14.7. The number of carboxylic acid groups (broad SMARTS) is 1. The highest BCUT2D eigenvalue weighted by Gasteiger charge is 2.30. The van der Waals surface area contributed by atoms with Crippen LogP contribution in [-0.4, -0.2) is 39.6 Å². The summed E-state index contributed by atoms with van der Waals surface area (Å²) in [6.45, 7) is 1.39. The third kappa shape index (κ3) is 2.92. The molecule has 0 spiro atoms. The third-order valence-corrected chi connectivity index (χ3v) is 3.80. The van der Waals surface area contributed by atoms with Crippen LogP contribution in [0.4, 0.5) is 0 Å². The SMILES string of the molecule is Cc1cccc(C(=O)N(CC(=O)O)C2CCCC2)c1O. The van der Waals surface area contributed by atoms with Gasteiger partial charge >= 0.3 is 5.97 Å². The lowest BCUT2D eigenvalue weighted by atomic mass is 10.1. The number of carbonyl (C=O) groups is 2. The first kappa shape index (κ1) is 14.4. The number of amides is 1. The van der Waals surface area contributed by atoms with Crippen LogP contribution in [0.2, 0.25) is 0 Å². The first-order valence-electron chi connectivity index (χ1n) is 6.82. The molecule has 20 heavy (non-hydrogen) atoms. The molecule has 1 aromatic rings. The third-order valence-electron chi connectivity index (χ3n) is 3.80. The molecule has 1 aliphatic carbocycles. The van der Waals surface area contributed by atoms with E-state index in [4.69, 9.17) is 5.11 Å². The van der Waals surface area contributed by atoms with E-state index in [1.165, 1.54) is 11.0 Å². The van der Waals surface area contributed by atoms with Crippen molar-refractivity contribution in [2.24, 2.45) is 0 Å². The average molecular weight is 277 g/mol. The number of carboxylic acids is 1. The van der Waals surface area contributed by atoms with E-state index in [2.05, 4.69) is 0 Å². The van der Waals surface area contributed by atoms with Gasteiger partial charge in [-0.2, -0.15) is 0 Å². The van der Waals surface area contributed by atoms with Crippen molar-refractivity contribution >= 4 is 11.9 Å². The predicted octanol–water partition coefficient (Wildman–Crippen LogP) is 2.17. The quantitative estimate of drug-likeness (QED) is 0.884. The molecule has 0 radical (unpaired) electrons. The molecule has 2 rings (SSSR count). The molecule has 0 bridgehead atoms. The van der Waals surface area contributed by atoms with Crippen molar-refractivity contribution in [3.63, 3.8) is 0 Å². The van der Waals surface area contributed by atoms with E-state index in [1.54, 1.807) is 19.1 Å². The van der Waals surface area contributed by atoms with Crippen LogP contribution < -0.4 is 0 Å². The Morgan fingerprint density at radius 3 is 2.55 bits per heavy atom. The maximum absolute atomic E-state index is 12.5. The lowest BCUT2D eigenvalue weighted by molar-refractivity contribution is -0.138. The van der Waals surface area contributed by atoms with Crippen LogP contribution in [0.25, 0.3) is 0 Å². The highest BCUT2D eigenvalue weighted by atomic mass is 16.4. The summed E-state index contributed by atoms with van der Waals surface area (Å²) in [5.41, 5.74) is 0.788. The van der Waals surface area contributed by atoms with Crippen molar-refractivity contribution in [2.75, 3.05) is 6.54 Å². The van der Waals surface area contributed by atoms with E-state index in [-0.39, 0.29) is 23.9 Å². The molecule has 2 N–H and O–H groups in total. The van der Waals surface area contributed by atoms with Crippen molar-refractivity contribution < 1.29 is 19.8 Å². The maximum atomic E-state index is 12.5. The molecule has 0 atom stereocenters. The number of hydrogen-bond donors (Lipinski definition) is 2. The van der Waals surface area contributed by atoms with Gasteiger partial charge in [0.2, 0.25) is 0 Å². The zero-order valence-electron chi connectivity index (χ0n) is 11.5. The molecule has 108 valence electrons. The van der Waals surface area contributed by atoms with E-state index in [0.717, 1.165) is 25.7 Å². The molecule has 0 aliphatic heterocycles. The van der Waals surface area contributed by atoms with Gasteiger partial charge in [-0.15, -0.1) is 0 Å². The molecule has 1 aliphatic rings. The van der Waals surface area contributed by atoms with Gasteiger partial charge in [0.15, 0.2) is 0 Å². The molecule has 1 amide bonds. The lowest BCUT2D eigenvalue weighted by Crippen LogP contribution is -2.42. The number of phenolic OH excluding ortho intramolecular Hbond substituents is 1. The number of benzene rings is 1. The Morgan fingerprint density at radius 2 is 1.95 bits per heavy atom. The van der Waals surface area contributed by atoms with Crippen molar-refractivity contribution in [1.82, 2.24) is 4.90 Å². The summed E-state index contributed by atoms with van der Waals surface area (Å²) in [4.78, 5) is 24.9. The fourth-order valence-electron chi connectivity index (χ4n) is 2.71. The van der Waals surface area contributed by atoms with Crippen molar-refractivity contribution in [3.8, 4) is 5.75 Å². The van der Waals surface area contributed by atoms with Crippen LogP contribution in [0.1, 0.15) is 41.6 Å². The molecule has 1 fully saturated rings. The molecule has 1 aromatic carbocycles. The van der Waals surface area contributed by atoms with E-state index >= 15 is 0 Å². The van der Waals surface area contributed by atoms with Crippen LogP contribution in [0.15, 0.2) is 18.2 Å². The summed E-state index contributed by atoms with van der Waals surface area (Å²) in [6, 6.07) is 4.90. The van der Waals surface area contributed by atoms with Crippen LogP contribution in [-0.2, 0) is 4.79 Å². The monoisotopic (exact) mass is 277 g/mol. The number of phenols is 1. The van der Waals surface area contributed by atoms with Crippen molar-refractivity contribution in [3.05, 3.63) is 29.3 Å². The minimum atomic E-state index is -1.03. The summed E-state index contributed by atoms with van der Waals surface area (Å²) in [6.07, 6.45) is 3.67. The van der Waals surface area contributed by atoms with Crippen LogP contribution in [0.3, 0.4) is 0 Å². The Kier molecular flexibility index (Phi) is 4.27. The number of nitrogens with zero attached hydrogens (tertiary/aromatic N) is 1. The summed E-state index contributed by atoms with van der Waals surface area (Å²) < 4.78 is 0. The van der Waals surface area contributed by atoms with Gasteiger partial charge < -0.3 is 15.1 Å². The number of rotatable bonds is 4. The molecule has 5 nitrogen and oxygen atoms in total. The smallest absolute Gasteiger partial charge is 0.323 e. The summed E-state index contributed by atoms with van der Waals surface area (Å²) in [7, 11) is 0. The Morgan fingerprint density at radius 1 is 1.30 bits per heavy atom. The Bertz CT molecular complexity index is 521. The Balaban J connectivity index is 2.29. The number of aryl methyl sites for hydroxylation is 1. The maximum Gasteiger partial charge on any atom is 0.323 e. The molecule has 0 unspecified atom stereocenters. The Hall–Kier alpha value is -2.04. The van der Waals surface area contributed by atoms with Gasteiger partial charge in [0.25, 0.3) is 5.91 Å². The van der Waals surface area contributed by atoms with Crippen LogP contribution in [0, 0.1) is 6.92 Å². The molecule has 0 saturated heterocycles. The molecule has 1 saturated carbocycles. The van der Waals surface area contributed by atoms with Gasteiger partial charge in [-0.1, -0.05) is 25.0 Å². The number of carbonyl (C=O) groups excluding carboxylic acids is 1. The minimum absolute atomic E-state index is 0.0430. The second kappa shape index (κ2) is 5.94. The minimum Gasteiger partial charge on any atom is -0.507 e. The van der Waals surface area contributed by atoms with Gasteiger partial charge in [-0.05, 0) is 31.4 Å². The number of aliphatic carboxylic acids is 1. The highest BCUT2D eigenvalue weighted by Crippen LogP contribution is 2.28. The number of para-hydroxylation sites is 1. The normalized spacial score (nSPS) is 15.2. The summed E-state index contributed by atoms with van der Waals surface area (Å²) in [5, 5.41) is 19.0. The zero-order valence-corrected chi connectivity index (χ0v) is 11.5. The predicted molar refractivity (Wildman–Crippen MR) is 73.8 cm³/mol. The van der Waals surface area contributed by atoms with Crippen molar-refractivity contribution in [2.45, 2.75) is 38.6 Å². The highest BCUT2D eigenvalue weighted by molar-refractivity contribution is 5.98. The Labute approximate surface area is 117 Å². The van der Waals surface area contributed by atoms with Gasteiger partial charge in [0, 0.05) is 6.04 Å². The molecule has 0 aromatic heterocycles. The van der Waals surface area contributed by atoms with E-state index in [0.29, 0.717) is 5.56 Å². The van der Waals surface area contributed by atoms with Gasteiger partial charge in [-0.3, -0.25) is 9.59 Å². The fraction of sp³-hybridized carbons (Fsp3) is 0.467. The second-order valence-electron chi connectivity index (χ2n) is 5.24. The molecule has 5 heteroatoms. The van der Waals surface area contributed by atoms with Gasteiger partial charge in [-0.25, -0.2) is 0 Å². The standard InChI is InChI=1S/C15H19NO4/c1-10-5-4-8-12(14(10)19)15(20)16(9-13(17)18)11-6-2-3-7-11/h4-5,8,11,19H,2-3,6-7,9H2,1H3,(H,17,18). The topological polar surface area (TPSA) is 77.8 Å². The molecular weight excluding hydrogens is 258 g/mol. The average Bonchev–Trinajstić information content (AvgIpc) is 2.92. The first-order valence-corrected chi connectivity index (χ1v) is 6.82. The molecule has 0 heterocycles. The summed E-state index contributed by atoms with van der Waals surface area (Å²) in [5.74, 6) is -1.50. The second-order valence-corrected chi connectivity index (χ2v) is 5.24. The van der Waals surface area contributed by atoms with E-state index in [9.17, 15) is 14.7 Å². The van der Waals surface area contributed by atoms with Gasteiger partial charge in [0.05, 0.1) is 5.56 Å². The fourth-order valence-corrected chi connectivity index (χ4v) is 2.71. The van der Waals surface area contributed by atoms with Gasteiger partial charge in [0.1, 0.15) is 12.3 Å². The first-order chi connectivity index (χ1) is 9.50.